The molecule has 61 heavy (non-hydrogen) atoms. The minimum absolute atomic E-state index is 0.0125. The van der Waals surface area contributed by atoms with Crippen molar-refractivity contribution >= 4 is 33.4 Å². The lowest BCUT2D eigenvalue weighted by Gasteiger charge is -2.29. The van der Waals surface area contributed by atoms with Gasteiger partial charge >= 0.3 is 0 Å². The largest absolute Gasteiger partial charge is 0.454 e. The van der Waals surface area contributed by atoms with E-state index in [2.05, 4.69) is 4.98 Å². The first-order chi connectivity index (χ1) is 29.3. The van der Waals surface area contributed by atoms with Gasteiger partial charge in [-0.25, -0.2) is 18.7 Å². The maximum absolute atomic E-state index is 13.7. The van der Waals surface area contributed by atoms with Crippen LogP contribution >= 0.6 is 0 Å². The predicted octanol–water partition coefficient (Wildman–Crippen LogP) is 5.54. The molecule has 6 aromatic rings. The van der Waals surface area contributed by atoms with Gasteiger partial charge in [-0.2, -0.15) is 0 Å². The van der Waals surface area contributed by atoms with Crippen LogP contribution in [0.2, 0.25) is 0 Å². The van der Waals surface area contributed by atoms with Gasteiger partial charge in [0.25, 0.3) is 11.1 Å². The number of nitrogens with zero attached hydrogens (tertiary/aromatic N) is 4. The van der Waals surface area contributed by atoms with Gasteiger partial charge in [-0.3, -0.25) is 19.2 Å². The quantitative estimate of drug-likeness (QED) is 0.229. The number of benzene rings is 2. The second-order valence-corrected chi connectivity index (χ2v) is 16.7. The molecule has 310 valence electrons. The Morgan fingerprint density at radius 2 is 1.36 bits per heavy atom. The van der Waals surface area contributed by atoms with E-state index in [0.29, 0.717) is 57.4 Å². The molecule has 12 rings (SSSR count). The van der Waals surface area contributed by atoms with Crippen molar-refractivity contribution in [3.05, 3.63) is 114 Å². The van der Waals surface area contributed by atoms with Crippen LogP contribution in [-0.2, 0) is 51.6 Å². The average Bonchev–Trinajstić information content (AvgIpc) is 3.98. The van der Waals surface area contributed by atoms with Crippen molar-refractivity contribution in [2.45, 2.75) is 89.2 Å². The van der Waals surface area contributed by atoms with Gasteiger partial charge in [0.2, 0.25) is 6.79 Å². The number of halogens is 2. The van der Waals surface area contributed by atoms with Crippen LogP contribution in [0.4, 0.5) is 8.78 Å². The highest BCUT2D eigenvalue weighted by Gasteiger charge is 2.47. The number of pyridine rings is 4. The molecule has 4 aromatic heterocycles. The van der Waals surface area contributed by atoms with Crippen LogP contribution in [-0.4, -0.2) is 54.3 Å². The van der Waals surface area contributed by atoms with Crippen LogP contribution in [0, 0.1) is 11.6 Å². The van der Waals surface area contributed by atoms with Gasteiger partial charge in [0.15, 0.2) is 40.3 Å². The van der Waals surface area contributed by atoms with E-state index >= 15 is 0 Å². The fourth-order valence-electron chi connectivity index (χ4n) is 10.0. The van der Waals surface area contributed by atoms with E-state index < -0.39 is 28.6 Å². The second-order valence-electron chi connectivity index (χ2n) is 16.7. The maximum atomic E-state index is 13.7. The Morgan fingerprint density at radius 3 is 2.08 bits per heavy atom. The van der Waals surface area contributed by atoms with E-state index in [1.807, 2.05) is 18.2 Å². The second kappa shape index (κ2) is 13.2. The molecule has 2 N–H and O–H groups in total. The molecule has 6 aliphatic rings. The lowest BCUT2D eigenvalue weighted by molar-refractivity contribution is -0.142. The number of aromatic nitrogens is 4. The molecule has 8 heterocycles. The van der Waals surface area contributed by atoms with Gasteiger partial charge < -0.3 is 33.6 Å². The lowest BCUT2D eigenvalue weighted by Crippen LogP contribution is -2.38. The Bertz CT molecular complexity index is 3140. The number of aliphatic hydroxyl groups is 2. The number of ether oxygens (including phenoxy) is 3. The fourth-order valence-corrected chi connectivity index (χ4v) is 10.0. The summed E-state index contributed by atoms with van der Waals surface area (Å²) in [6, 6.07) is 11.1. The molecule has 0 spiro atoms. The number of carbonyl (C=O) groups excluding carboxylic acids is 2. The molecule has 0 unspecified atom stereocenters. The van der Waals surface area contributed by atoms with Gasteiger partial charge in [-0.15, -0.1) is 0 Å². The Morgan fingerprint density at radius 1 is 0.721 bits per heavy atom. The van der Waals surface area contributed by atoms with E-state index in [4.69, 9.17) is 19.2 Å². The smallest absolute Gasteiger partial charge is 0.257 e. The SMILES string of the molecule is CC[C@@]1(O)C(=O)COCc2c1cc1n(c2=O)Cc2cc3cc(F)c(F)cc3nc2-1.CC[C@@]1(O)C(=O)Cc2c1cc1n(c2=O)Cc2c-1nc1cc3c(cc1c2C1CCC1)OCO3. The molecule has 1 fully saturated rings. The first-order valence-electron chi connectivity index (χ1n) is 20.5. The molecular weight excluding hydrogens is 791 g/mol. The Balaban J connectivity index is 0.000000139. The minimum atomic E-state index is -1.82. The monoisotopic (exact) mass is 828 g/mol. The van der Waals surface area contributed by atoms with E-state index in [1.165, 1.54) is 16.6 Å². The van der Waals surface area contributed by atoms with Crippen molar-refractivity contribution < 1.29 is 42.8 Å². The van der Waals surface area contributed by atoms with Crippen molar-refractivity contribution in [2.75, 3.05) is 13.4 Å². The number of Topliss-reactive ketones (excluding diaryl/α,β-unsaturated/α-hetero) is 2. The summed E-state index contributed by atoms with van der Waals surface area (Å²) >= 11 is 0. The molecule has 2 aliphatic carbocycles. The van der Waals surface area contributed by atoms with E-state index in [1.54, 1.807) is 30.5 Å². The van der Waals surface area contributed by atoms with Crippen molar-refractivity contribution in [1.29, 1.82) is 0 Å². The molecule has 2 aromatic carbocycles. The van der Waals surface area contributed by atoms with Crippen molar-refractivity contribution in [3.8, 4) is 34.3 Å². The highest BCUT2D eigenvalue weighted by Crippen LogP contribution is 2.49. The Labute approximate surface area is 345 Å². The molecule has 15 heteroatoms. The lowest BCUT2D eigenvalue weighted by atomic mass is 9.76. The molecule has 2 atom stereocenters. The fraction of sp³-hybridized carbons (Fsp3) is 0.348. The van der Waals surface area contributed by atoms with Gasteiger partial charge in [0.1, 0.15) is 12.2 Å². The summed E-state index contributed by atoms with van der Waals surface area (Å²) in [6.07, 6.45) is 3.75. The van der Waals surface area contributed by atoms with Crippen LogP contribution in [0.1, 0.15) is 90.8 Å². The molecule has 0 bridgehead atoms. The van der Waals surface area contributed by atoms with Gasteiger partial charge in [-0.05, 0) is 67.5 Å². The molecule has 4 aliphatic heterocycles. The Kier molecular flexibility index (Phi) is 8.16. The third kappa shape index (κ3) is 5.26. The van der Waals surface area contributed by atoms with E-state index in [9.17, 15) is 38.2 Å². The average molecular weight is 829 g/mol. The number of fused-ring (bicyclic) bond motifs is 11. The zero-order valence-corrected chi connectivity index (χ0v) is 33.2. The van der Waals surface area contributed by atoms with Crippen molar-refractivity contribution in [3.63, 3.8) is 0 Å². The van der Waals surface area contributed by atoms with Crippen LogP contribution in [0.5, 0.6) is 11.5 Å². The molecular formula is C46H38F2N4O9. The van der Waals surface area contributed by atoms with Crippen LogP contribution in [0.15, 0.2) is 52.1 Å². The summed E-state index contributed by atoms with van der Waals surface area (Å²) < 4.78 is 47.0. The summed E-state index contributed by atoms with van der Waals surface area (Å²) in [6.45, 7) is 3.93. The minimum Gasteiger partial charge on any atom is -0.454 e. The standard InChI is InChI=1S/C25H22N2O5.C21H16F2N2O4/c1-2-25(30)16-8-18-23-15(10-27(18)24(29)13(16)7-21(25)28)22(12-4-3-5-12)14-6-19-20(32-11-31-19)9-17(14)26-23;1-2-21(28)13-5-17-19-11(3-10-4-14(22)15(23)6-16(10)24-19)7-25(17)20(27)12(13)8-29-9-18(21)26/h6,8-9,12,30H,2-5,7,10-11H2,1H3;3-6,28H,2,7-9H2,1H3/t25-;21-/m00/s1. The third-order valence-electron chi connectivity index (χ3n) is 13.7. The molecule has 1 saturated carbocycles. The molecule has 0 amide bonds. The van der Waals surface area contributed by atoms with Gasteiger partial charge in [0.05, 0.1) is 53.5 Å². The topological polar surface area (TPSA) is 172 Å². The zero-order valence-electron chi connectivity index (χ0n) is 33.2. The first-order valence-corrected chi connectivity index (χ1v) is 20.5. The highest BCUT2D eigenvalue weighted by atomic mass is 19.2. The van der Waals surface area contributed by atoms with Crippen LogP contribution in [0.3, 0.4) is 0 Å². The number of carbonyl (C=O) groups is 2. The summed E-state index contributed by atoms with van der Waals surface area (Å²) in [4.78, 5) is 61.0. The predicted molar refractivity (Wildman–Crippen MR) is 215 cm³/mol. The van der Waals surface area contributed by atoms with Gasteiger partial charge in [0, 0.05) is 62.7 Å². The van der Waals surface area contributed by atoms with Crippen molar-refractivity contribution in [2.24, 2.45) is 0 Å². The highest BCUT2D eigenvalue weighted by molar-refractivity contribution is 5.96. The summed E-state index contributed by atoms with van der Waals surface area (Å²) in [7, 11) is 0. The normalized spacial score (nSPS) is 21.6. The number of rotatable bonds is 3. The van der Waals surface area contributed by atoms with E-state index in [-0.39, 0.29) is 79.4 Å². The number of hydrogen-bond acceptors (Lipinski definition) is 11. The van der Waals surface area contributed by atoms with Gasteiger partial charge in [-0.1, -0.05) is 20.3 Å². The number of hydrogen-bond donors (Lipinski definition) is 2. The third-order valence-corrected chi connectivity index (χ3v) is 13.7. The van der Waals surface area contributed by atoms with Crippen molar-refractivity contribution in [1.82, 2.24) is 19.1 Å². The molecule has 0 saturated heterocycles. The van der Waals surface area contributed by atoms with Crippen LogP contribution < -0.4 is 20.6 Å². The zero-order chi connectivity index (χ0) is 42.3. The number of ketones is 2. The molecule has 0 radical (unpaired) electrons. The summed E-state index contributed by atoms with van der Waals surface area (Å²) in [5.41, 5.74) is 3.75. The molecule has 13 nitrogen and oxygen atoms in total. The van der Waals surface area contributed by atoms with Crippen LogP contribution in [0.25, 0.3) is 44.6 Å². The summed E-state index contributed by atoms with van der Waals surface area (Å²) in [5, 5.41) is 23.6. The summed E-state index contributed by atoms with van der Waals surface area (Å²) in [5.74, 6) is -0.942. The van der Waals surface area contributed by atoms with E-state index in [0.717, 1.165) is 52.9 Å². The first kappa shape index (κ1) is 37.8. The maximum Gasteiger partial charge on any atom is 0.257 e. The Hall–Kier alpha value is -6.16.